The lowest BCUT2D eigenvalue weighted by atomic mass is 10.1. The molecule has 3 rings (SSSR count). The van der Waals surface area contributed by atoms with Gasteiger partial charge in [-0.25, -0.2) is 18.4 Å². The molecule has 2 aromatic carbocycles. The summed E-state index contributed by atoms with van der Waals surface area (Å²) in [5, 5.41) is 3.12. The maximum absolute atomic E-state index is 13.8. The molecule has 0 aliphatic heterocycles. The first-order valence-corrected chi connectivity index (χ1v) is 11.9. The molecule has 1 unspecified atom stereocenters. The van der Waals surface area contributed by atoms with Crippen molar-refractivity contribution in [3.63, 3.8) is 0 Å². The van der Waals surface area contributed by atoms with Crippen LogP contribution < -0.4 is 9.61 Å². The number of rotatable bonds is 8. The Kier molecular flexibility index (Phi) is 7.26. The van der Waals surface area contributed by atoms with Gasteiger partial charge in [-0.15, -0.1) is 0 Å². The molecule has 0 fully saturated rings. The van der Waals surface area contributed by atoms with Crippen molar-refractivity contribution in [1.29, 1.82) is 0 Å². The van der Waals surface area contributed by atoms with E-state index in [4.69, 9.17) is 20.5 Å². The topological polar surface area (TPSA) is 77.5 Å². The van der Waals surface area contributed by atoms with Crippen LogP contribution in [0.15, 0.2) is 54.7 Å². The summed E-state index contributed by atoms with van der Waals surface area (Å²) in [5.74, 6) is -2.52. The minimum Gasteiger partial charge on any atom is -0.460 e. The van der Waals surface area contributed by atoms with Crippen LogP contribution in [0.3, 0.4) is 0 Å². The third-order valence-electron chi connectivity index (χ3n) is 4.42. The second-order valence-corrected chi connectivity index (χ2v) is 9.83. The van der Waals surface area contributed by atoms with Gasteiger partial charge >= 0.3 is 12.8 Å². The van der Waals surface area contributed by atoms with Crippen LogP contribution in [0.1, 0.15) is 19.4 Å². The molecule has 0 aliphatic rings. The number of esters is 1. The van der Waals surface area contributed by atoms with Gasteiger partial charge in [-0.2, -0.15) is 0 Å². The molecule has 0 aliphatic carbocycles. The summed E-state index contributed by atoms with van der Waals surface area (Å²) in [5.41, 5.74) is 0.628. The minimum atomic E-state index is -4.02. The highest BCUT2D eigenvalue weighted by atomic mass is 35.7. The molecule has 0 bridgehead atoms. The van der Waals surface area contributed by atoms with Crippen LogP contribution in [0.4, 0.5) is 8.78 Å². The van der Waals surface area contributed by atoms with Gasteiger partial charge in [0.25, 0.3) is 0 Å². The number of aromatic nitrogens is 1. The fourth-order valence-electron chi connectivity index (χ4n) is 2.83. The van der Waals surface area contributed by atoms with Crippen LogP contribution in [0.25, 0.3) is 10.9 Å². The second kappa shape index (κ2) is 9.73. The molecular weight excluding hydrogens is 449 g/mol. The smallest absolute Gasteiger partial charge is 0.409 e. The summed E-state index contributed by atoms with van der Waals surface area (Å²) >= 11 is 6.11. The van der Waals surface area contributed by atoms with E-state index in [2.05, 4.69) is 10.1 Å². The number of halogens is 3. The molecule has 2 atom stereocenters. The molecule has 0 spiro atoms. The van der Waals surface area contributed by atoms with E-state index in [0.29, 0.717) is 17.0 Å². The zero-order valence-electron chi connectivity index (χ0n) is 16.7. The number of carbonyl (C=O) groups is 1. The molecule has 0 radical (unpaired) electrons. The number of nitrogens with zero attached hydrogens (tertiary/aromatic N) is 1. The standard InChI is InChI=1S/C21H20ClF2N2O4P/c1-13(2)20(21(27)29-12-14-8-9-15(23)11-17(14)24)26-31(22,28)30-19-7-3-6-18-16(19)5-4-10-25-18/h3-11,13,20H,12H2,1-2H3,(H,26,28)/t20-,31?/m0/s1. The van der Waals surface area contributed by atoms with E-state index in [0.717, 1.165) is 6.07 Å². The molecular formula is C21H20ClF2N2O4P. The van der Waals surface area contributed by atoms with Gasteiger partial charge in [-0.1, -0.05) is 19.9 Å². The molecule has 0 amide bonds. The van der Waals surface area contributed by atoms with Crippen LogP contribution >= 0.6 is 18.1 Å². The van der Waals surface area contributed by atoms with E-state index < -0.39 is 37.1 Å². The SMILES string of the molecule is CC(C)[C@H](NP(=O)(Cl)Oc1cccc2ncccc12)C(=O)OCc1ccc(F)cc1F. The Labute approximate surface area is 182 Å². The molecule has 164 valence electrons. The zero-order valence-corrected chi connectivity index (χ0v) is 18.4. The average Bonchev–Trinajstić information content (AvgIpc) is 2.71. The van der Waals surface area contributed by atoms with Crippen molar-refractivity contribution in [2.45, 2.75) is 26.5 Å². The van der Waals surface area contributed by atoms with Gasteiger partial charge < -0.3 is 9.26 Å². The highest BCUT2D eigenvalue weighted by Gasteiger charge is 2.33. The maximum Gasteiger partial charge on any atom is 0.409 e. The Morgan fingerprint density at radius 3 is 2.68 bits per heavy atom. The van der Waals surface area contributed by atoms with Crippen molar-refractivity contribution in [2.24, 2.45) is 5.92 Å². The van der Waals surface area contributed by atoms with E-state index >= 15 is 0 Å². The second-order valence-electron chi connectivity index (χ2n) is 7.09. The Balaban J connectivity index is 1.71. The minimum absolute atomic E-state index is 0.00539. The molecule has 1 heterocycles. The van der Waals surface area contributed by atoms with Gasteiger partial charge in [-0.05, 0) is 42.3 Å². The van der Waals surface area contributed by atoms with E-state index in [-0.39, 0.29) is 17.2 Å². The Hall–Kier alpha value is -2.54. The van der Waals surface area contributed by atoms with E-state index in [1.807, 2.05) is 0 Å². The van der Waals surface area contributed by atoms with Crippen molar-refractivity contribution in [3.8, 4) is 5.75 Å². The van der Waals surface area contributed by atoms with Gasteiger partial charge in [0.15, 0.2) is 0 Å². The van der Waals surface area contributed by atoms with Gasteiger partial charge in [-0.3, -0.25) is 9.78 Å². The summed E-state index contributed by atoms with van der Waals surface area (Å²) < 4.78 is 50.3. The predicted octanol–water partition coefficient (Wildman–Crippen LogP) is 5.60. The molecule has 6 nitrogen and oxygen atoms in total. The predicted molar refractivity (Wildman–Crippen MR) is 114 cm³/mol. The fourth-order valence-corrected chi connectivity index (χ4v) is 4.56. The van der Waals surface area contributed by atoms with Crippen molar-refractivity contribution >= 4 is 35.0 Å². The van der Waals surface area contributed by atoms with Crippen molar-refractivity contribution in [3.05, 3.63) is 71.9 Å². The molecule has 3 aromatic rings. The highest BCUT2D eigenvalue weighted by Crippen LogP contribution is 2.50. The fraction of sp³-hybridized carbons (Fsp3) is 0.238. The normalized spacial score (nSPS) is 14.3. The average molecular weight is 469 g/mol. The molecule has 0 saturated heterocycles. The van der Waals surface area contributed by atoms with E-state index in [1.54, 1.807) is 50.4 Å². The monoisotopic (exact) mass is 468 g/mol. The Morgan fingerprint density at radius 2 is 1.97 bits per heavy atom. The maximum atomic E-state index is 13.8. The van der Waals surface area contributed by atoms with Crippen LogP contribution in [-0.2, 0) is 20.7 Å². The van der Waals surface area contributed by atoms with E-state index in [1.165, 1.54) is 6.07 Å². The highest BCUT2D eigenvalue weighted by molar-refractivity contribution is 7.84. The van der Waals surface area contributed by atoms with Gasteiger partial charge in [0.2, 0.25) is 0 Å². The summed E-state index contributed by atoms with van der Waals surface area (Å²) in [6.45, 7) is -1.06. The molecule has 10 heteroatoms. The Bertz CT molecular complexity index is 1140. The van der Waals surface area contributed by atoms with E-state index in [9.17, 15) is 18.1 Å². The van der Waals surface area contributed by atoms with Crippen molar-refractivity contribution < 1.29 is 27.4 Å². The number of fused-ring (bicyclic) bond motifs is 1. The first-order chi connectivity index (χ1) is 14.7. The first kappa shape index (κ1) is 23.1. The summed E-state index contributed by atoms with van der Waals surface area (Å²) in [6.07, 6.45) is 1.61. The quantitative estimate of drug-likeness (QED) is 0.343. The summed E-state index contributed by atoms with van der Waals surface area (Å²) in [4.78, 5) is 16.7. The third kappa shape index (κ3) is 6.00. The zero-order chi connectivity index (χ0) is 22.6. The first-order valence-electron chi connectivity index (χ1n) is 9.37. The van der Waals surface area contributed by atoms with Crippen LogP contribution in [0.2, 0.25) is 0 Å². The van der Waals surface area contributed by atoms with Crippen molar-refractivity contribution in [1.82, 2.24) is 10.1 Å². The summed E-state index contributed by atoms with van der Waals surface area (Å²) in [7, 11) is 0. The number of ether oxygens (including phenoxy) is 1. The number of pyridine rings is 1. The van der Waals surface area contributed by atoms with Crippen molar-refractivity contribution in [2.75, 3.05) is 0 Å². The number of benzene rings is 2. The van der Waals surface area contributed by atoms with Crippen LogP contribution in [-0.4, -0.2) is 17.0 Å². The summed E-state index contributed by atoms with van der Waals surface area (Å²) in [6, 6.07) is 10.3. The number of carbonyl (C=O) groups excluding carboxylic acids is 1. The third-order valence-corrected chi connectivity index (χ3v) is 5.94. The lowest BCUT2D eigenvalue weighted by Gasteiger charge is -2.24. The number of hydrogen-bond acceptors (Lipinski definition) is 5. The molecule has 1 aromatic heterocycles. The largest absolute Gasteiger partial charge is 0.460 e. The van der Waals surface area contributed by atoms with Gasteiger partial charge in [0.1, 0.15) is 30.0 Å². The van der Waals surface area contributed by atoms with Gasteiger partial charge in [0, 0.05) is 34.5 Å². The lowest BCUT2D eigenvalue weighted by Crippen LogP contribution is -2.40. The van der Waals surface area contributed by atoms with Crippen LogP contribution in [0.5, 0.6) is 5.75 Å². The number of nitrogens with one attached hydrogen (secondary N) is 1. The Morgan fingerprint density at radius 1 is 1.19 bits per heavy atom. The number of hydrogen-bond donors (Lipinski definition) is 1. The van der Waals surface area contributed by atoms with Gasteiger partial charge in [0.05, 0.1) is 5.52 Å². The molecule has 1 N–H and O–H groups in total. The molecule has 0 saturated carbocycles. The van der Waals surface area contributed by atoms with Crippen LogP contribution in [0, 0.1) is 17.6 Å². The molecule has 31 heavy (non-hydrogen) atoms. The lowest BCUT2D eigenvalue weighted by molar-refractivity contribution is -0.148.